The van der Waals surface area contributed by atoms with E-state index in [4.69, 9.17) is 0 Å². The maximum Gasteiger partial charge on any atom is 0.0653 e. The van der Waals surface area contributed by atoms with Gasteiger partial charge in [0.1, 0.15) is 0 Å². The summed E-state index contributed by atoms with van der Waals surface area (Å²) in [6.45, 7) is 3.79. The fraction of sp³-hybridized carbons (Fsp3) is 1.00. The first kappa shape index (κ1) is 8.02. The summed E-state index contributed by atoms with van der Waals surface area (Å²) in [5, 5.41) is 18.5. The molecule has 0 radical (unpaired) electrons. The lowest BCUT2D eigenvalue weighted by atomic mass is 10.1. The highest BCUT2D eigenvalue weighted by atomic mass is 16.3. The van der Waals surface area contributed by atoms with Gasteiger partial charge in [-0.15, -0.1) is 0 Å². The molecule has 1 aliphatic rings. The van der Waals surface area contributed by atoms with Crippen LogP contribution in [0, 0.1) is 5.92 Å². The van der Waals surface area contributed by atoms with Crippen LogP contribution in [0.3, 0.4) is 0 Å². The molecule has 0 bridgehead atoms. The van der Waals surface area contributed by atoms with Crippen LogP contribution in [-0.4, -0.2) is 21.9 Å². The first-order valence-corrected chi connectivity index (χ1v) is 3.96. The minimum absolute atomic E-state index is 0.209. The molecule has 0 aromatic carbocycles. The van der Waals surface area contributed by atoms with E-state index in [0.717, 1.165) is 19.3 Å². The van der Waals surface area contributed by atoms with Gasteiger partial charge in [-0.2, -0.15) is 0 Å². The molecular weight excluding hydrogens is 128 g/mol. The Labute approximate surface area is 61.9 Å². The summed E-state index contributed by atoms with van der Waals surface area (Å²) in [6, 6.07) is 0. The predicted octanol–water partition coefficient (Wildman–Crippen LogP) is 0.918. The summed E-state index contributed by atoms with van der Waals surface area (Å²) in [4.78, 5) is 0. The first-order chi connectivity index (χ1) is 4.56. The Hall–Kier alpha value is -0.0800. The van der Waals surface area contributed by atoms with Crippen molar-refractivity contribution in [3.8, 4) is 0 Å². The second-order valence-electron chi connectivity index (χ2n) is 3.56. The number of rotatable bonds is 3. The lowest BCUT2D eigenvalue weighted by Gasteiger charge is -2.07. The van der Waals surface area contributed by atoms with Crippen LogP contribution in [0.25, 0.3) is 0 Å². The van der Waals surface area contributed by atoms with Gasteiger partial charge in [0, 0.05) is 0 Å². The minimum Gasteiger partial charge on any atom is -0.393 e. The third kappa shape index (κ3) is 1.70. The number of hydrogen-bond acceptors (Lipinski definition) is 2. The van der Waals surface area contributed by atoms with Crippen molar-refractivity contribution in [2.45, 2.75) is 44.8 Å². The summed E-state index contributed by atoms with van der Waals surface area (Å²) < 4.78 is 0. The van der Waals surface area contributed by atoms with Gasteiger partial charge < -0.3 is 10.2 Å². The van der Waals surface area contributed by atoms with Gasteiger partial charge in [0.05, 0.1) is 11.7 Å². The Morgan fingerprint density at radius 2 is 2.20 bits per heavy atom. The van der Waals surface area contributed by atoms with E-state index in [2.05, 4.69) is 0 Å². The monoisotopic (exact) mass is 144 g/mol. The molecule has 0 saturated heterocycles. The molecule has 2 N–H and O–H groups in total. The van der Waals surface area contributed by atoms with E-state index < -0.39 is 5.60 Å². The van der Waals surface area contributed by atoms with Crippen molar-refractivity contribution in [3.63, 3.8) is 0 Å². The standard InChI is InChI=1S/C8H16O2/c1-3-7(9)4-6-5-8(6,2)10/h6-7,9-10H,3-5H2,1-2H3/t6-,7?,8+/m0/s1. The minimum atomic E-state index is -0.462. The normalized spacial score (nSPS) is 41.4. The van der Waals surface area contributed by atoms with Gasteiger partial charge in [-0.3, -0.25) is 0 Å². The lowest BCUT2D eigenvalue weighted by molar-refractivity contribution is 0.112. The van der Waals surface area contributed by atoms with Gasteiger partial charge in [-0.25, -0.2) is 0 Å². The zero-order valence-corrected chi connectivity index (χ0v) is 6.67. The molecular formula is C8H16O2. The van der Waals surface area contributed by atoms with E-state index in [-0.39, 0.29) is 6.10 Å². The Morgan fingerprint density at radius 1 is 1.70 bits per heavy atom. The SMILES string of the molecule is CCC(O)C[C@H]1C[C@@]1(C)O. The third-order valence-corrected chi connectivity index (χ3v) is 2.41. The smallest absolute Gasteiger partial charge is 0.0653 e. The summed E-state index contributed by atoms with van der Waals surface area (Å²) in [5.74, 6) is 0.349. The lowest BCUT2D eigenvalue weighted by Crippen LogP contribution is -2.11. The van der Waals surface area contributed by atoms with Gasteiger partial charge in [-0.05, 0) is 32.1 Å². The van der Waals surface area contributed by atoms with Gasteiger partial charge >= 0.3 is 0 Å². The Balaban J connectivity index is 2.17. The van der Waals surface area contributed by atoms with E-state index >= 15 is 0 Å². The van der Waals surface area contributed by atoms with Crippen LogP contribution in [0.5, 0.6) is 0 Å². The van der Waals surface area contributed by atoms with Crippen molar-refractivity contribution < 1.29 is 10.2 Å². The van der Waals surface area contributed by atoms with E-state index in [1.54, 1.807) is 0 Å². The molecule has 0 amide bonds. The second-order valence-corrected chi connectivity index (χ2v) is 3.56. The molecule has 2 heteroatoms. The highest BCUT2D eigenvalue weighted by Gasteiger charge is 2.48. The molecule has 1 aliphatic carbocycles. The van der Waals surface area contributed by atoms with Gasteiger partial charge in [-0.1, -0.05) is 6.92 Å². The molecule has 0 aliphatic heterocycles. The van der Waals surface area contributed by atoms with Crippen molar-refractivity contribution in [2.75, 3.05) is 0 Å². The average Bonchev–Trinajstić information content (AvgIpc) is 2.40. The Kier molecular flexibility index (Phi) is 2.02. The fourth-order valence-corrected chi connectivity index (χ4v) is 1.27. The van der Waals surface area contributed by atoms with E-state index in [9.17, 15) is 10.2 Å². The molecule has 0 aromatic rings. The van der Waals surface area contributed by atoms with Crippen LogP contribution in [0.15, 0.2) is 0 Å². The first-order valence-electron chi connectivity index (χ1n) is 3.96. The zero-order valence-electron chi connectivity index (χ0n) is 6.67. The highest BCUT2D eigenvalue weighted by Crippen LogP contribution is 2.45. The van der Waals surface area contributed by atoms with Crippen LogP contribution in [0.4, 0.5) is 0 Å². The molecule has 0 heterocycles. The third-order valence-electron chi connectivity index (χ3n) is 2.41. The summed E-state index contributed by atoms with van der Waals surface area (Å²) in [7, 11) is 0. The van der Waals surface area contributed by atoms with Gasteiger partial charge in [0.2, 0.25) is 0 Å². The molecule has 0 spiro atoms. The van der Waals surface area contributed by atoms with Gasteiger partial charge in [0.25, 0.3) is 0 Å². The Bertz CT molecular complexity index is 120. The highest BCUT2D eigenvalue weighted by molar-refractivity contribution is 5.00. The van der Waals surface area contributed by atoms with Crippen LogP contribution in [-0.2, 0) is 0 Å². The largest absolute Gasteiger partial charge is 0.393 e. The fourth-order valence-electron chi connectivity index (χ4n) is 1.27. The molecule has 1 unspecified atom stereocenters. The maximum atomic E-state index is 9.33. The van der Waals surface area contributed by atoms with Crippen molar-refractivity contribution in [1.82, 2.24) is 0 Å². The summed E-state index contributed by atoms with van der Waals surface area (Å²) >= 11 is 0. The van der Waals surface area contributed by atoms with Crippen molar-refractivity contribution in [3.05, 3.63) is 0 Å². The van der Waals surface area contributed by atoms with Gasteiger partial charge in [0.15, 0.2) is 0 Å². The summed E-state index contributed by atoms with van der Waals surface area (Å²) in [5.41, 5.74) is -0.462. The molecule has 3 atom stereocenters. The van der Waals surface area contributed by atoms with Crippen LogP contribution in [0.1, 0.15) is 33.1 Å². The molecule has 1 fully saturated rings. The maximum absolute atomic E-state index is 9.33. The Morgan fingerprint density at radius 3 is 2.50 bits per heavy atom. The van der Waals surface area contributed by atoms with E-state index in [0.29, 0.717) is 5.92 Å². The number of aliphatic hydroxyl groups excluding tert-OH is 1. The second kappa shape index (κ2) is 2.51. The van der Waals surface area contributed by atoms with Crippen molar-refractivity contribution in [1.29, 1.82) is 0 Å². The molecule has 2 nitrogen and oxygen atoms in total. The van der Waals surface area contributed by atoms with Crippen molar-refractivity contribution >= 4 is 0 Å². The summed E-state index contributed by atoms with van der Waals surface area (Å²) in [6.07, 6.45) is 2.22. The zero-order chi connectivity index (χ0) is 7.78. The van der Waals surface area contributed by atoms with Crippen LogP contribution < -0.4 is 0 Å². The topological polar surface area (TPSA) is 40.5 Å². The van der Waals surface area contributed by atoms with Crippen LogP contribution in [0.2, 0.25) is 0 Å². The van der Waals surface area contributed by atoms with Crippen molar-refractivity contribution in [2.24, 2.45) is 5.92 Å². The van der Waals surface area contributed by atoms with E-state index in [1.165, 1.54) is 0 Å². The molecule has 10 heavy (non-hydrogen) atoms. The quantitative estimate of drug-likeness (QED) is 0.618. The number of hydrogen-bond donors (Lipinski definition) is 2. The molecule has 1 rings (SSSR count). The predicted molar refractivity (Wildman–Crippen MR) is 39.6 cm³/mol. The van der Waals surface area contributed by atoms with E-state index in [1.807, 2.05) is 13.8 Å². The van der Waals surface area contributed by atoms with Crippen LogP contribution >= 0.6 is 0 Å². The molecule has 60 valence electrons. The molecule has 1 saturated carbocycles. The number of aliphatic hydroxyl groups is 2. The average molecular weight is 144 g/mol. The molecule has 0 aromatic heterocycles.